The molecule has 1 unspecified atom stereocenters. The lowest BCUT2D eigenvalue weighted by Crippen LogP contribution is -2.21. The van der Waals surface area contributed by atoms with Gasteiger partial charge in [-0.2, -0.15) is 0 Å². The molecule has 0 bridgehead atoms. The van der Waals surface area contributed by atoms with Crippen LogP contribution in [0.25, 0.3) is 0 Å². The summed E-state index contributed by atoms with van der Waals surface area (Å²) in [5, 5.41) is 5.63. The minimum atomic E-state index is 0.297. The maximum atomic E-state index is 3.67. The highest BCUT2D eigenvalue weighted by atomic mass is 79.9. The van der Waals surface area contributed by atoms with Gasteiger partial charge in [0.2, 0.25) is 0 Å². The van der Waals surface area contributed by atoms with Crippen molar-refractivity contribution in [2.24, 2.45) is 0 Å². The predicted molar refractivity (Wildman–Crippen MR) is 86.0 cm³/mol. The minimum absolute atomic E-state index is 0.297. The van der Waals surface area contributed by atoms with E-state index in [0.29, 0.717) is 6.04 Å². The van der Waals surface area contributed by atoms with Crippen LogP contribution >= 0.6 is 27.3 Å². The average molecular weight is 336 g/mol. The highest BCUT2D eigenvalue weighted by Crippen LogP contribution is 2.42. The van der Waals surface area contributed by atoms with Crippen molar-refractivity contribution in [2.75, 3.05) is 7.05 Å². The first kappa shape index (κ1) is 13.3. The van der Waals surface area contributed by atoms with Gasteiger partial charge in [0.1, 0.15) is 0 Å². The van der Waals surface area contributed by atoms with Crippen LogP contribution in [0.4, 0.5) is 0 Å². The molecule has 3 heteroatoms. The van der Waals surface area contributed by atoms with Crippen molar-refractivity contribution in [3.05, 3.63) is 56.2 Å². The van der Waals surface area contributed by atoms with E-state index in [-0.39, 0.29) is 0 Å². The quantitative estimate of drug-likeness (QED) is 0.820. The van der Waals surface area contributed by atoms with E-state index in [1.807, 2.05) is 18.4 Å². The molecule has 1 nitrogen and oxygen atoms in total. The van der Waals surface area contributed by atoms with E-state index in [9.17, 15) is 0 Å². The standard InChI is InChI=1S/C16H18BrNS/c1-18-15(16-14(17)9-10-19-16)13-8-3-2-7-12(13)11-5-4-6-11/h2-3,7-11,15,18H,4-6H2,1H3. The Morgan fingerprint density at radius 1 is 1.26 bits per heavy atom. The number of halogens is 1. The molecule has 1 saturated carbocycles. The Morgan fingerprint density at radius 2 is 2.05 bits per heavy atom. The maximum Gasteiger partial charge on any atom is 0.0682 e. The largest absolute Gasteiger partial charge is 0.309 e. The molecule has 1 aliphatic rings. The number of hydrogen-bond acceptors (Lipinski definition) is 2. The van der Waals surface area contributed by atoms with E-state index in [1.54, 1.807) is 0 Å². The summed E-state index contributed by atoms with van der Waals surface area (Å²) in [5.41, 5.74) is 2.98. The number of nitrogens with one attached hydrogen (secondary N) is 1. The third-order valence-electron chi connectivity index (χ3n) is 4.05. The van der Waals surface area contributed by atoms with Crippen molar-refractivity contribution < 1.29 is 0 Å². The van der Waals surface area contributed by atoms with Crippen LogP contribution < -0.4 is 5.32 Å². The van der Waals surface area contributed by atoms with Crippen molar-refractivity contribution in [1.82, 2.24) is 5.32 Å². The summed E-state index contributed by atoms with van der Waals surface area (Å²) in [6.07, 6.45) is 4.07. The molecule has 1 aromatic carbocycles. The lowest BCUT2D eigenvalue weighted by atomic mass is 9.77. The van der Waals surface area contributed by atoms with E-state index in [4.69, 9.17) is 0 Å². The molecule has 1 N–H and O–H groups in total. The van der Waals surface area contributed by atoms with E-state index in [0.717, 1.165) is 5.92 Å². The van der Waals surface area contributed by atoms with Gasteiger partial charge >= 0.3 is 0 Å². The van der Waals surface area contributed by atoms with E-state index >= 15 is 0 Å². The Labute approximate surface area is 127 Å². The molecular formula is C16H18BrNS. The Morgan fingerprint density at radius 3 is 2.63 bits per heavy atom. The third-order valence-corrected chi connectivity index (χ3v) is 5.98. The highest BCUT2D eigenvalue weighted by molar-refractivity contribution is 9.10. The van der Waals surface area contributed by atoms with E-state index in [1.165, 1.54) is 39.7 Å². The Bertz CT molecular complexity index is 559. The Kier molecular flexibility index (Phi) is 4.06. The molecule has 3 rings (SSSR count). The van der Waals surface area contributed by atoms with Gasteiger partial charge in [-0.3, -0.25) is 0 Å². The fourth-order valence-corrected chi connectivity index (χ4v) is 4.53. The molecule has 1 fully saturated rings. The SMILES string of the molecule is CNC(c1ccccc1C1CCC1)c1sccc1Br. The zero-order chi connectivity index (χ0) is 13.2. The fraction of sp³-hybridized carbons (Fsp3) is 0.375. The zero-order valence-electron chi connectivity index (χ0n) is 11.0. The van der Waals surface area contributed by atoms with Crippen molar-refractivity contribution >= 4 is 27.3 Å². The maximum absolute atomic E-state index is 3.67. The third kappa shape index (κ3) is 2.51. The normalized spacial score (nSPS) is 17.2. The van der Waals surface area contributed by atoms with Crippen LogP contribution in [-0.4, -0.2) is 7.05 Å². The Balaban J connectivity index is 2.02. The van der Waals surface area contributed by atoms with Crippen molar-refractivity contribution in [3.63, 3.8) is 0 Å². The van der Waals surface area contributed by atoms with Crippen molar-refractivity contribution in [1.29, 1.82) is 0 Å². The molecule has 19 heavy (non-hydrogen) atoms. The topological polar surface area (TPSA) is 12.0 Å². The first-order valence-electron chi connectivity index (χ1n) is 6.80. The average Bonchev–Trinajstić information content (AvgIpc) is 2.77. The summed E-state index contributed by atoms with van der Waals surface area (Å²) in [5.74, 6) is 0.769. The minimum Gasteiger partial charge on any atom is -0.309 e. The van der Waals surface area contributed by atoms with Gasteiger partial charge in [0.25, 0.3) is 0 Å². The van der Waals surface area contributed by atoms with E-state index in [2.05, 4.69) is 57.0 Å². The molecule has 0 saturated heterocycles. The van der Waals surface area contributed by atoms with Gasteiger partial charge in [-0.15, -0.1) is 11.3 Å². The molecule has 0 amide bonds. The zero-order valence-corrected chi connectivity index (χ0v) is 13.4. The van der Waals surface area contributed by atoms with Gasteiger partial charge in [0.05, 0.1) is 6.04 Å². The molecule has 0 radical (unpaired) electrons. The van der Waals surface area contributed by atoms with Gasteiger partial charge in [-0.05, 0) is 64.3 Å². The molecule has 1 aromatic heterocycles. The van der Waals surface area contributed by atoms with Crippen molar-refractivity contribution in [2.45, 2.75) is 31.2 Å². The van der Waals surface area contributed by atoms with Gasteiger partial charge in [0.15, 0.2) is 0 Å². The van der Waals surface area contributed by atoms with Crippen LogP contribution in [0, 0.1) is 0 Å². The van der Waals surface area contributed by atoms with Crippen LogP contribution in [0.2, 0.25) is 0 Å². The lowest BCUT2D eigenvalue weighted by molar-refractivity contribution is 0.415. The number of thiophene rings is 1. The second-order valence-electron chi connectivity index (χ2n) is 5.11. The summed E-state index contributed by atoms with van der Waals surface area (Å²) >= 11 is 5.48. The molecule has 100 valence electrons. The summed E-state index contributed by atoms with van der Waals surface area (Å²) in [7, 11) is 2.05. The smallest absolute Gasteiger partial charge is 0.0682 e. The number of benzene rings is 1. The first-order valence-corrected chi connectivity index (χ1v) is 8.47. The van der Waals surface area contributed by atoms with Crippen LogP contribution in [0.1, 0.15) is 47.2 Å². The van der Waals surface area contributed by atoms with Crippen LogP contribution in [-0.2, 0) is 0 Å². The van der Waals surface area contributed by atoms with Crippen LogP contribution in [0.15, 0.2) is 40.2 Å². The molecule has 1 aliphatic carbocycles. The molecule has 2 aromatic rings. The van der Waals surface area contributed by atoms with Gasteiger partial charge in [0, 0.05) is 9.35 Å². The molecule has 1 heterocycles. The molecule has 1 atom stereocenters. The monoisotopic (exact) mass is 335 g/mol. The van der Waals surface area contributed by atoms with Gasteiger partial charge in [-0.1, -0.05) is 30.7 Å². The fourth-order valence-electron chi connectivity index (χ4n) is 2.80. The number of hydrogen-bond donors (Lipinski definition) is 1. The predicted octanol–water partition coefficient (Wildman–Crippen LogP) is 5.09. The molecular weight excluding hydrogens is 318 g/mol. The number of rotatable bonds is 4. The van der Waals surface area contributed by atoms with Gasteiger partial charge in [-0.25, -0.2) is 0 Å². The summed E-state index contributed by atoms with van der Waals surface area (Å²) in [6, 6.07) is 11.4. The molecule has 0 aliphatic heterocycles. The van der Waals surface area contributed by atoms with Gasteiger partial charge < -0.3 is 5.32 Å². The first-order chi connectivity index (χ1) is 9.31. The molecule has 0 spiro atoms. The summed E-state index contributed by atoms with van der Waals surface area (Å²) in [4.78, 5) is 1.37. The van der Waals surface area contributed by atoms with Crippen molar-refractivity contribution in [3.8, 4) is 0 Å². The van der Waals surface area contributed by atoms with Crippen LogP contribution in [0.5, 0.6) is 0 Å². The second-order valence-corrected chi connectivity index (χ2v) is 6.91. The lowest BCUT2D eigenvalue weighted by Gasteiger charge is -2.30. The summed E-state index contributed by atoms with van der Waals surface area (Å²) in [6.45, 7) is 0. The summed E-state index contributed by atoms with van der Waals surface area (Å²) < 4.78 is 1.21. The van der Waals surface area contributed by atoms with E-state index < -0.39 is 0 Å². The second kappa shape index (κ2) is 5.78. The Hall–Kier alpha value is -0.640. The highest BCUT2D eigenvalue weighted by Gasteiger charge is 2.26. The van der Waals surface area contributed by atoms with Crippen LogP contribution in [0.3, 0.4) is 0 Å².